The van der Waals surface area contributed by atoms with E-state index < -0.39 is 0 Å². The van der Waals surface area contributed by atoms with Gasteiger partial charge >= 0.3 is 0 Å². The molecule has 0 aliphatic rings. The summed E-state index contributed by atoms with van der Waals surface area (Å²) in [4.78, 5) is 28.3. The van der Waals surface area contributed by atoms with E-state index in [9.17, 15) is 9.59 Å². The first-order valence-corrected chi connectivity index (χ1v) is 8.16. The van der Waals surface area contributed by atoms with Gasteiger partial charge in [-0.05, 0) is 30.7 Å². The molecular weight excluding hydrogens is 302 g/mol. The number of carbonyl (C=O) groups is 2. The molecule has 2 aromatic rings. The molecule has 0 aliphatic heterocycles. The summed E-state index contributed by atoms with van der Waals surface area (Å²) in [6.45, 7) is 4.06. The van der Waals surface area contributed by atoms with Crippen molar-refractivity contribution in [3.8, 4) is 11.1 Å². The monoisotopic (exact) mass is 325 g/mol. The van der Waals surface area contributed by atoms with Gasteiger partial charge in [-0.1, -0.05) is 38.1 Å². The van der Waals surface area contributed by atoms with Crippen molar-refractivity contribution >= 4 is 17.4 Å². The number of ketones is 1. The Labute approximate surface area is 142 Å². The highest BCUT2D eigenvalue weighted by Gasteiger charge is 2.15. The first-order valence-electron chi connectivity index (χ1n) is 8.16. The third-order valence-electron chi connectivity index (χ3n) is 3.75. The predicted octanol–water partition coefficient (Wildman–Crippen LogP) is 3.06. The van der Waals surface area contributed by atoms with Crippen molar-refractivity contribution in [1.29, 1.82) is 0 Å². The van der Waals surface area contributed by atoms with Gasteiger partial charge in [0.1, 0.15) is 5.69 Å². The first kappa shape index (κ1) is 17.8. The molecule has 0 fully saturated rings. The van der Waals surface area contributed by atoms with Crippen LogP contribution in [0.3, 0.4) is 0 Å². The number of nitrogens with zero attached hydrogens (tertiary/aromatic N) is 1. The van der Waals surface area contributed by atoms with Crippen LogP contribution in [0.5, 0.6) is 0 Å². The van der Waals surface area contributed by atoms with Gasteiger partial charge in [0.15, 0.2) is 5.78 Å². The lowest BCUT2D eigenvalue weighted by molar-refractivity contribution is -0.115. The number of Topliss-reactive ketones (excluding diaryl/α,β-unsaturated/α-hetero) is 1. The number of likely N-dealkylation sites (N-methyl/N-ethyl adjacent to an activating group) is 1. The van der Waals surface area contributed by atoms with E-state index >= 15 is 0 Å². The minimum atomic E-state index is -0.205. The largest absolute Gasteiger partial charge is 0.323 e. The number of carbonyl (C=O) groups excluding carboxylic acids is 2. The number of aryl methyl sites for hydroxylation is 1. The summed E-state index contributed by atoms with van der Waals surface area (Å²) in [6.07, 6.45) is 2.97. The molecule has 5 heteroatoms. The van der Waals surface area contributed by atoms with Crippen LogP contribution in [0.15, 0.2) is 36.5 Å². The quantitative estimate of drug-likeness (QED) is 0.768. The van der Waals surface area contributed by atoms with Crippen molar-refractivity contribution < 1.29 is 9.59 Å². The van der Waals surface area contributed by atoms with E-state index in [1.54, 1.807) is 20.2 Å². The van der Waals surface area contributed by atoms with E-state index in [0.717, 1.165) is 17.5 Å². The normalized spacial score (nSPS) is 10.5. The Balaban J connectivity index is 2.44. The van der Waals surface area contributed by atoms with E-state index in [1.807, 2.05) is 18.2 Å². The van der Waals surface area contributed by atoms with Crippen LogP contribution in [0.2, 0.25) is 0 Å². The van der Waals surface area contributed by atoms with Gasteiger partial charge in [-0.3, -0.25) is 14.6 Å². The fourth-order valence-electron chi connectivity index (χ4n) is 2.43. The van der Waals surface area contributed by atoms with Crippen LogP contribution in [0.25, 0.3) is 11.1 Å². The zero-order valence-corrected chi connectivity index (χ0v) is 14.3. The topological polar surface area (TPSA) is 71.1 Å². The summed E-state index contributed by atoms with van der Waals surface area (Å²) in [5.74, 6) is -0.299. The zero-order valence-electron chi connectivity index (χ0n) is 14.3. The van der Waals surface area contributed by atoms with Gasteiger partial charge in [0.2, 0.25) is 5.91 Å². The number of aromatic nitrogens is 1. The second-order valence-corrected chi connectivity index (χ2v) is 5.53. The van der Waals surface area contributed by atoms with Crippen LogP contribution in [0.4, 0.5) is 5.69 Å². The average molecular weight is 325 g/mol. The molecule has 5 nitrogen and oxygen atoms in total. The Kier molecular flexibility index (Phi) is 6.21. The van der Waals surface area contributed by atoms with Crippen LogP contribution in [-0.2, 0) is 11.2 Å². The molecule has 0 radical (unpaired) electrons. The fraction of sp³-hybridized carbons (Fsp3) is 0.316. The molecule has 0 saturated heterocycles. The molecule has 0 unspecified atom stereocenters. The Hall–Kier alpha value is -2.53. The molecule has 0 spiro atoms. The summed E-state index contributed by atoms with van der Waals surface area (Å²) in [5.41, 5.74) is 3.88. The number of hydrogen-bond acceptors (Lipinski definition) is 4. The van der Waals surface area contributed by atoms with Gasteiger partial charge in [-0.25, -0.2) is 0 Å². The van der Waals surface area contributed by atoms with Crippen LogP contribution in [0.1, 0.15) is 36.3 Å². The van der Waals surface area contributed by atoms with Crippen LogP contribution < -0.4 is 10.6 Å². The van der Waals surface area contributed by atoms with Crippen LogP contribution in [-0.4, -0.2) is 30.3 Å². The summed E-state index contributed by atoms with van der Waals surface area (Å²) in [7, 11) is 1.70. The lowest BCUT2D eigenvalue weighted by Crippen LogP contribution is -2.26. The van der Waals surface area contributed by atoms with E-state index in [0.29, 0.717) is 17.8 Å². The van der Waals surface area contributed by atoms with Gasteiger partial charge in [-0.2, -0.15) is 0 Å². The minimum absolute atomic E-state index is 0.0939. The predicted molar refractivity (Wildman–Crippen MR) is 96.2 cm³/mol. The molecule has 0 atom stereocenters. The van der Waals surface area contributed by atoms with E-state index in [1.165, 1.54) is 5.56 Å². The molecule has 0 saturated carbocycles. The third-order valence-corrected chi connectivity index (χ3v) is 3.75. The lowest BCUT2D eigenvalue weighted by atomic mass is 10.0. The van der Waals surface area contributed by atoms with E-state index in [2.05, 4.69) is 34.7 Å². The van der Waals surface area contributed by atoms with Gasteiger partial charge in [0.05, 0.1) is 12.2 Å². The summed E-state index contributed by atoms with van der Waals surface area (Å²) in [6, 6.07) is 9.98. The molecule has 0 aliphatic carbocycles. The minimum Gasteiger partial charge on any atom is -0.323 e. The van der Waals surface area contributed by atoms with Crippen molar-refractivity contribution in [3.63, 3.8) is 0 Å². The highest BCUT2D eigenvalue weighted by atomic mass is 16.2. The van der Waals surface area contributed by atoms with Crippen molar-refractivity contribution in [2.45, 2.75) is 26.7 Å². The molecule has 1 aromatic carbocycles. The number of pyridine rings is 1. The molecule has 2 rings (SSSR count). The molecule has 1 amide bonds. The molecule has 2 N–H and O–H groups in total. The van der Waals surface area contributed by atoms with E-state index in [4.69, 9.17) is 0 Å². The molecule has 1 heterocycles. The number of benzene rings is 1. The Morgan fingerprint density at radius 1 is 1.12 bits per heavy atom. The SMILES string of the molecule is CCC(=O)c1ncc(-c2cccc(CC)c2)cc1NC(=O)CNC. The van der Waals surface area contributed by atoms with Crippen molar-refractivity contribution in [2.24, 2.45) is 0 Å². The maximum absolute atomic E-state index is 12.1. The molecule has 24 heavy (non-hydrogen) atoms. The van der Waals surface area contributed by atoms with Crippen LogP contribution in [0, 0.1) is 0 Å². The smallest absolute Gasteiger partial charge is 0.238 e. The average Bonchev–Trinajstić information content (AvgIpc) is 2.61. The highest BCUT2D eigenvalue weighted by molar-refractivity contribution is 6.04. The van der Waals surface area contributed by atoms with Gasteiger partial charge in [0.25, 0.3) is 0 Å². The van der Waals surface area contributed by atoms with Crippen molar-refractivity contribution in [2.75, 3.05) is 18.9 Å². The van der Waals surface area contributed by atoms with Crippen molar-refractivity contribution in [1.82, 2.24) is 10.3 Å². The standard InChI is InChI=1S/C19H23N3O2/c1-4-13-7-6-8-14(9-13)15-10-16(22-18(24)12-20-3)19(21-11-15)17(23)5-2/h6-11,20H,4-5,12H2,1-3H3,(H,22,24). The number of amides is 1. The van der Waals surface area contributed by atoms with Crippen molar-refractivity contribution in [3.05, 3.63) is 47.8 Å². The third kappa shape index (κ3) is 4.26. The Morgan fingerprint density at radius 2 is 1.92 bits per heavy atom. The Morgan fingerprint density at radius 3 is 2.58 bits per heavy atom. The van der Waals surface area contributed by atoms with Gasteiger partial charge < -0.3 is 10.6 Å². The number of hydrogen-bond donors (Lipinski definition) is 2. The molecule has 0 bridgehead atoms. The molecule has 1 aromatic heterocycles. The molecule has 126 valence electrons. The summed E-state index contributed by atoms with van der Waals surface area (Å²) in [5, 5.41) is 5.58. The molecular formula is C19H23N3O2. The second kappa shape index (κ2) is 8.36. The number of nitrogens with one attached hydrogen (secondary N) is 2. The first-order chi connectivity index (χ1) is 11.6. The van der Waals surface area contributed by atoms with E-state index in [-0.39, 0.29) is 18.2 Å². The maximum Gasteiger partial charge on any atom is 0.238 e. The lowest BCUT2D eigenvalue weighted by Gasteiger charge is -2.12. The van der Waals surface area contributed by atoms with Gasteiger partial charge in [-0.15, -0.1) is 0 Å². The fourth-order valence-corrected chi connectivity index (χ4v) is 2.43. The summed E-state index contributed by atoms with van der Waals surface area (Å²) < 4.78 is 0. The number of rotatable bonds is 7. The maximum atomic E-state index is 12.1. The van der Waals surface area contributed by atoms with Gasteiger partial charge in [0, 0.05) is 18.2 Å². The zero-order chi connectivity index (χ0) is 17.5. The second-order valence-electron chi connectivity index (χ2n) is 5.53. The van der Waals surface area contributed by atoms with Crippen LogP contribution >= 0.6 is 0 Å². The number of anilines is 1. The highest BCUT2D eigenvalue weighted by Crippen LogP contribution is 2.25. The Bertz CT molecular complexity index is 741. The summed E-state index contributed by atoms with van der Waals surface area (Å²) >= 11 is 0.